The molecule has 3 aromatic rings. The SMILES string of the molecule is COc1ccccc1C(=O)NC(=O)COC(=O)c1ccccc1OCc1ccc(Cl)cc1. The van der Waals surface area contributed by atoms with Gasteiger partial charge in [0.15, 0.2) is 6.61 Å². The largest absolute Gasteiger partial charge is 0.496 e. The Morgan fingerprint density at radius 1 is 0.844 bits per heavy atom. The van der Waals surface area contributed by atoms with Gasteiger partial charge in [-0.3, -0.25) is 14.9 Å². The molecular formula is C24H20ClNO6. The summed E-state index contributed by atoms with van der Waals surface area (Å²) >= 11 is 5.88. The Bertz CT molecular complexity index is 1110. The number of para-hydroxylation sites is 2. The fourth-order valence-corrected chi connectivity index (χ4v) is 2.90. The molecule has 0 saturated carbocycles. The zero-order valence-corrected chi connectivity index (χ0v) is 17.9. The fourth-order valence-electron chi connectivity index (χ4n) is 2.77. The van der Waals surface area contributed by atoms with Crippen molar-refractivity contribution in [3.05, 3.63) is 94.5 Å². The molecule has 164 valence electrons. The van der Waals surface area contributed by atoms with Gasteiger partial charge in [-0.15, -0.1) is 0 Å². The van der Waals surface area contributed by atoms with E-state index in [1.807, 2.05) is 12.1 Å². The zero-order chi connectivity index (χ0) is 22.9. The number of carbonyl (C=O) groups is 3. The van der Waals surface area contributed by atoms with Crippen LogP contribution in [0.2, 0.25) is 5.02 Å². The number of imide groups is 1. The third kappa shape index (κ3) is 6.09. The minimum atomic E-state index is -0.770. The van der Waals surface area contributed by atoms with Gasteiger partial charge in [0.1, 0.15) is 23.7 Å². The molecule has 0 spiro atoms. The van der Waals surface area contributed by atoms with Crippen molar-refractivity contribution >= 4 is 29.4 Å². The highest BCUT2D eigenvalue weighted by atomic mass is 35.5. The molecule has 0 heterocycles. The summed E-state index contributed by atoms with van der Waals surface area (Å²) in [6.07, 6.45) is 0. The maximum atomic E-state index is 12.5. The van der Waals surface area contributed by atoms with E-state index < -0.39 is 24.4 Å². The number of ether oxygens (including phenoxy) is 3. The van der Waals surface area contributed by atoms with Gasteiger partial charge < -0.3 is 14.2 Å². The number of benzene rings is 3. The highest BCUT2D eigenvalue weighted by Crippen LogP contribution is 2.21. The molecule has 0 fully saturated rings. The summed E-state index contributed by atoms with van der Waals surface area (Å²) in [6, 6.07) is 20.1. The number of amides is 2. The zero-order valence-electron chi connectivity index (χ0n) is 17.2. The number of hydrogen-bond acceptors (Lipinski definition) is 6. The summed E-state index contributed by atoms with van der Waals surface area (Å²) in [6.45, 7) is -0.416. The highest BCUT2D eigenvalue weighted by Gasteiger charge is 2.18. The number of rotatable bonds is 8. The number of halogens is 1. The lowest BCUT2D eigenvalue weighted by atomic mass is 10.2. The molecular weight excluding hydrogens is 434 g/mol. The van der Waals surface area contributed by atoms with Crippen molar-refractivity contribution in [2.45, 2.75) is 6.61 Å². The normalized spacial score (nSPS) is 10.2. The molecule has 2 amide bonds. The summed E-state index contributed by atoms with van der Waals surface area (Å²) in [7, 11) is 1.42. The van der Waals surface area contributed by atoms with Gasteiger partial charge in [-0.05, 0) is 42.0 Å². The maximum Gasteiger partial charge on any atom is 0.342 e. The molecule has 0 atom stereocenters. The van der Waals surface area contributed by atoms with Crippen LogP contribution in [0.5, 0.6) is 11.5 Å². The molecule has 7 nitrogen and oxygen atoms in total. The second-order valence-corrected chi connectivity index (χ2v) is 7.00. The Morgan fingerprint density at radius 2 is 1.47 bits per heavy atom. The fraction of sp³-hybridized carbons (Fsp3) is 0.125. The van der Waals surface area contributed by atoms with Crippen LogP contribution in [-0.2, 0) is 16.1 Å². The first kappa shape index (κ1) is 22.8. The molecule has 0 aliphatic heterocycles. The van der Waals surface area contributed by atoms with Crippen LogP contribution in [0.4, 0.5) is 0 Å². The minimum absolute atomic E-state index is 0.158. The molecule has 8 heteroatoms. The smallest absolute Gasteiger partial charge is 0.342 e. The summed E-state index contributed by atoms with van der Waals surface area (Å²) in [4.78, 5) is 36.8. The first-order valence-corrected chi connectivity index (χ1v) is 9.96. The molecule has 1 N–H and O–H groups in total. The summed E-state index contributed by atoms with van der Waals surface area (Å²) < 4.78 is 15.9. The number of esters is 1. The van der Waals surface area contributed by atoms with Crippen LogP contribution in [0, 0.1) is 0 Å². The lowest BCUT2D eigenvalue weighted by Crippen LogP contribution is -2.34. The van der Waals surface area contributed by atoms with Crippen molar-refractivity contribution in [3.63, 3.8) is 0 Å². The van der Waals surface area contributed by atoms with Gasteiger partial charge in [-0.25, -0.2) is 4.79 Å². The Balaban J connectivity index is 1.57. The van der Waals surface area contributed by atoms with E-state index in [1.54, 1.807) is 48.5 Å². The summed E-state index contributed by atoms with van der Waals surface area (Å²) in [5, 5.41) is 2.78. The number of nitrogens with one attached hydrogen (secondary N) is 1. The Morgan fingerprint density at radius 3 is 2.16 bits per heavy atom. The highest BCUT2D eigenvalue weighted by molar-refractivity contribution is 6.30. The maximum absolute atomic E-state index is 12.5. The summed E-state index contributed by atoms with van der Waals surface area (Å²) in [5.74, 6) is -1.56. The van der Waals surface area contributed by atoms with E-state index in [1.165, 1.54) is 19.2 Å². The van der Waals surface area contributed by atoms with Crippen molar-refractivity contribution in [2.24, 2.45) is 0 Å². The number of hydrogen-bond donors (Lipinski definition) is 1. The van der Waals surface area contributed by atoms with Gasteiger partial charge in [0.25, 0.3) is 11.8 Å². The second kappa shape index (κ2) is 11.0. The van der Waals surface area contributed by atoms with Crippen LogP contribution in [-0.4, -0.2) is 31.5 Å². The molecule has 3 aromatic carbocycles. The van der Waals surface area contributed by atoms with Crippen molar-refractivity contribution in [1.29, 1.82) is 0 Å². The van der Waals surface area contributed by atoms with Gasteiger partial charge in [-0.2, -0.15) is 0 Å². The third-order valence-electron chi connectivity index (χ3n) is 4.35. The molecule has 0 aromatic heterocycles. The van der Waals surface area contributed by atoms with E-state index in [0.717, 1.165) is 5.56 Å². The Kier molecular flexibility index (Phi) is 7.83. The van der Waals surface area contributed by atoms with Gasteiger partial charge >= 0.3 is 5.97 Å². The van der Waals surface area contributed by atoms with Crippen molar-refractivity contribution in [2.75, 3.05) is 13.7 Å². The van der Waals surface area contributed by atoms with E-state index in [2.05, 4.69) is 5.32 Å². The van der Waals surface area contributed by atoms with E-state index in [4.69, 9.17) is 25.8 Å². The van der Waals surface area contributed by atoms with Crippen molar-refractivity contribution in [1.82, 2.24) is 5.32 Å². The monoisotopic (exact) mass is 453 g/mol. The molecule has 0 saturated heterocycles. The quantitative estimate of drug-likeness (QED) is 0.517. The van der Waals surface area contributed by atoms with E-state index >= 15 is 0 Å². The van der Waals surface area contributed by atoms with Crippen LogP contribution in [0.3, 0.4) is 0 Å². The van der Waals surface area contributed by atoms with E-state index in [-0.39, 0.29) is 17.7 Å². The topological polar surface area (TPSA) is 90.9 Å². The predicted molar refractivity (Wildman–Crippen MR) is 118 cm³/mol. The molecule has 0 aliphatic rings. The van der Waals surface area contributed by atoms with Crippen molar-refractivity contribution in [3.8, 4) is 11.5 Å². The molecule has 0 unspecified atom stereocenters. The molecule has 0 bridgehead atoms. The van der Waals surface area contributed by atoms with Gasteiger partial charge in [0.05, 0.1) is 12.7 Å². The first-order chi connectivity index (χ1) is 15.5. The molecule has 32 heavy (non-hydrogen) atoms. The van der Waals surface area contributed by atoms with Crippen LogP contribution in [0.25, 0.3) is 0 Å². The number of methoxy groups -OCH3 is 1. The van der Waals surface area contributed by atoms with Gasteiger partial charge in [0, 0.05) is 5.02 Å². The molecule has 0 radical (unpaired) electrons. The Labute approximate surface area is 189 Å². The third-order valence-corrected chi connectivity index (χ3v) is 4.61. The second-order valence-electron chi connectivity index (χ2n) is 6.57. The van der Waals surface area contributed by atoms with Crippen LogP contribution < -0.4 is 14.8 Å². The standard InChI is InChI=1S/C24H20ClNO6/c1-30-20-8-4-2-6-18(20)23(28)26-22(27)15-32-24(29)19-7-3-5-9-21(19)31-14-16-10-12-17(25)13-11-16/h2-13H,14-15H2,1H3,(H,26,27,28). The average Bonchev–Trinajstić information content (AvgIpc) is 2.82. The predicted octanol–water partition coefficient (Wildman–Crippen LogP) is 4.04. The van der Waals surface area contributed by atoms with E-state index in [9.17, 15) is 14.4 Å². The first-order valence-electron chi connectivity index (χ1n) is 9.58. The lowest BCUT2D eigenvalue weighted by molar-refractivity contribution is -0.123. The lowest BCUT2D eigenvalue weighted by Gasteiger charge is -2.12. The molecule has 0 aliphatic carbocycles. The van der Waals surface area contributed by atoms with Crippen LogP contribution >= 0.6 is 11.6 Å². The Hall–Kier alpha value is -3.84. The van der Waals surface area contributed by atoms with Crippen LogP contribution in [0.1, 0.15) is 26.3 Å². The van der Waals surface area contributed by atoms with Gasteiger partial charge in [0.2, 0.25) is 0 Å². The van der Waals surface area contributed by atoms with Crippen molar-refractivity contribution < 1.29 is 28.6 Å². The summed E-state index contributed by atoms with van der Waals surface area (Å²) in [5.41, 5.74) is 1.22. The van der Waals surface area contributed by atoms with Crippen LogP contribution in [0.15, 0.2) is 72.8 Å². The number of carbonyl (C=O) groups excluding carboxylic acids is 3. The molecule has 3 rings (SSSR count). The van der Waals surface area contributed by atoms with E-state index in [0.29, 0.717) is 16.5 Å². The van der Waals surface area contributed by atoms with Gasteiger partial charge in [-0.1, -0.05) is 48.0 Å². The average molecular weight is 454 g/mol. The minimum Gasteiger partial charge on any atom is -0.496 e.